The Labute approximate surface area is 144 Å². The van der Waals surface area contributed by atoms with Gasteiger partial charge in [0.15, 0.2) is 0 Å². The topological polar surface area (TPSA) is 18.5 Å². The number of likely N-dealkylation sites (tertiary alicyclic amines) is 2. The van der Waals surface area contributed by atoms with Gasteiger partial charge in [-0.1, -0.05) is 13.8 Å². The molecule has 3 fully saturated rings. The summed E-state index contributed by atoms with van der Waals surface area (Å²) in [6, 6.07) is 0. The van der Waals surface area contributed by atoms with Crippen molar-refractivity contribution < 1.29 is 0 Å². The highest BCUT2D eigenvalue weighted by molar-refractivity contribution is 4.91. The molecule has 3 nitrogen and oxygen atoms in total. The van der Waals surface area contributed by atoms with Crippen LogP contribution >= 0.6 is 0 Å². The zero-order valence-electron chi connectivity index (χ0n) is 15.9. The minimum Gasteiger partial charge on any atom is -0.316 e. The molecule has 0 aromatic heterocycles. The van der Waals surface area contributed by atoms with Gasteiger partial charge in [-0.3, -0.25) is 0 Å². The first-order valence-corrected chi connectivity index (χ1v) is 10.1. The van der Waals surface area contributed by atoms with Crippen LogP contribution in [0.3, 0.4) is 0 Å². The summed E-state index contributed by atoms with van der Waals surface area (Å²) in [6.07, 6.45) is 5.73. The van der Waals surface area contributed by atoms with Crippen molar-refractivity contribution in [1.29, 1.82) is 0 Å². The largest absolute Gasteiger partial charge is 0.316 e. The van der Waals surface area contributed by atoms with E-state index < -0.39 is 0 Å². The van der Waals surface area contributed by atoms with E-state index in [0.717, 1.165) is 35.5 Å². The van der Waals surface area contributed by atoms with Gasteiger partial charge in [0.05, 0.1) is 0 Å². The number of hydrogen-bond donors (Lipinski definition) is 1. The van der Waals surface area contributed by atoms with Crippen LogP contribution < -0.4 is 5.32 Å². The fraction of sp³-hybridized carbons (Fsp3) is 1.00. The molecule has 0 aliphatic carbocycles. The minimum atomic E-state index is 0.898. The standard InChI is InChI=1S/C20H39N3/c1-15(18-5-8-21-12-18)11-20(19-13-23(4)14-19)16(2)17-6-9-22(3)10-7-17/h15-21H,5-14H2,1-4H3. The van der Waals surface area contributed by atoms with Crippen molar-refractivity contribution in [2.24, 2.45) is 35.5 Å². The van der Waals surface area contributed by atoms with Crippen LogP contribution in [0.2, 0.25) is 0 Å². The zero-order chi connectivity index (χ0) is 16.4. The number of nitrogens with zero attached hydrogens (tertiary/aromatic N) is 2. The smallest absolute Gasteiger partial charge is 0.00217 e. The van der Waals surface area contributed by atoms with E-state index in [9.17, 15) is 0 Å². The van der Waals surface area contributed by atoms with E-state index in [2.05, 4.69) is 43.1 Å². The molecule has 4 unspecified atom stereocenters. The molecule has 4 atom stereocenters. The molecule has 0 spiro atoms. The highest BCUT2D eigenvalue weighted by Crippen LogP contribution is 2.41. The van der Waals surface area contributed by atoms with Crippen LogP contribution in [0.1, 0.15) is 39.5 Å². The number of nitrogens with one attached hydrogen (secondary N) is 1. The lowest BCUT2D eigenvalue weighted by Gasteiger charge is -2.47. The lowest BCUT2D eigenvalue weighted by molar-refractivity contribution is 0.0153. The molecule has 0 saturated carbocycles. The Hall–Kier alpha value is -0.120. The fourth-order valence-corrected chi connectivity index (χ4v) is 5.54. The summed E-state index contributed by atoms with van der Waals surface area (Å²) in [7, 11) is 4.58. The second-order valence-corrected chi connectivity index (χ2v) is 9.11. The van der Waals surface area contributed by atoms with E-state index in [-0.39, 0.29) is 0 Å². The average molecular weight is 322 g/mol. The summed E-state index contributed by atoms with van der Waals surface area (Å²) in [4.78, 5) is 5.03. The van der Waals surface area contributed by atoms with Crippen molar-refractivity contribution in [2.45, 2.75) is 39.5 Å². The third-order valence-corrected chi connectivity index (χ3v) is 7.43. The van der Waals surface area contributed by atoms with E-state index >= 15 is 0 Å². The molecule has 3 heterocycles. The molecule has 3 heteroatoms. The predicted molar refractivity (Wildman–Crippen MR) is 98.6 cm³/mol. The molecule has 0 bridgehead atoms. The molecule has 3 aliphatic rings. The van der Waals surface area contributed by atoms with Crippen LogP contribution in [0.15, 0.2) is 0 Å². The minimum absolute atomic E-state index is 0.898. The predicted octanol–water partition coefficient (Wildman–Crippen LogP) is 2.78. The van der Waals surface area contributed by atoms with E-state index in [1.54, 1.807) is 0 Å². The molecule has 23 heavy (non-hydrogen) atoms. The summed E-state index contributed by atoms with van der Waals surface area (Å²) in [5, 5.41) is 3.57. The van der Waals surface area contributed by atoms with Gasteiger partial charge in [-0.15, -0.1) is 0 Å². The lowest BCUT2D eigenvalue weighted by atomic mass is 9.66. The SMILES string of the molecule is CC(CC(C1CN(C)C1)C(C)C1CCN(C)CC1)C1CCNC1. The molecule has 0 aromatic rings. The summed E-state index contributed by atoms with van der Waals surface area (Å²) >= 11 is 0. The Balaban J connectivity index is 1.60. The normalized spacial score (nSPS) is 32.6. The highest BCUT2D eigenvalue weighted by atomic mass is 15.2. The van der Waals surface area contributed by atoms with Crippen LogP contribution in [-0.2, 0) is 0 Å². The van der Waals surface area contributed by atoms with Gasteiger partial charge in [-0.2, -0.15) is 0 Å². The Bertz CT molecular complexity index is 352. The van der Waals surface area contributed by atoms with Crippen molar-refractivity contribution in [3.05, 3.63) is 0 Å². The molecular weight excluding hydrogens is 282 g/mol. The van der Waals surface area contributed by atoms with Crippen molar-refractivity contribution in [1.82, 2.24) is 15.1 Å². The Morgan fingerprint density at radius 1 is 0.913 bits per heavy atom. The van der Waals surface area contributed by atoms with E-state index in [0.29, 0.717) is 0 Å². The van der Waals surface area contributed by atoms with Crippen LogP contribution in [0, 0.1) is 35.5 Å². The summed E-state index contributed by atoms with van der Waals surface area (Å²) in [5.41, 5.74) is 0. The molecule has 0 amide bonds. The first-order valence-electron chi connectivity index (χ1n) is 10.1. The average Bonchev–Trinajstić information content (AvgIpc) is 3.04. The zero-order valence-corrected chi connectivity index (χ0v) is 15.9. The number of rotatable bonds is 6. The van der Waals surface area contributed by atoms with Gasteiger partial charge in [0.2, 0.25) is 0 Å². The van der Waals surface area contributed by atoms with Crippen molar-refractivity contribution in [3.63, 3.8) is 0 Å². The van der Waals surface area contributed by atoms with Crippen LogP contribution in [0.25, 0.3) is 0 Å². The van der Waals surface area contributed by atoms with Gasteiger partial charge in [-0.05, 0) is 101 Å². The van der Waals surface area contributed by atoms with E-state index in [1.807, 2.05) is 0 Å². The van der Waals surface area contributed by atoms with Gasteiger partial charge < -0.3 is 15.1 Å². The second-order valence-electron chi connectivity index (χ2n) is 9.11. The van der Waals surface area contributed by atoms with Crippen LogP contribution in [-0.4, -0.2) is 63.2 Å². The third-order valence-electron chi connectivity index (χ3n) is 7.43. The summed E-state index contributed by atoms with van der Waals surface area (Å²) in [5.74, 6) is 5.63. The highest BCUT2D eigenvalue weighted by Gasteiger charge is 2.39. The van der Waals surface area contributed by atoms with Gasteiger partial charge in [0, 0.05) is 13.1 Å². The van der Waals surface area contributed by atoms with Crippen LogP contribution in [0.4, 0.5) is 0 Å². The molecule has 1 N–H and O–H groups in total. The maximum atomic E-state index is 3.57. The summed E-state index contributed by atoms with van der Waals surface area (Å²) < 4.78 is 0. The number of piperidine rings is 1. The first-order chi connectivity index (χ1) is 11.0. The molecule has 3 saturated heterocycles. The molecule has 3 aliphatic heterocycles. The van der Waals surface area contributed by atoms with Gasteiger partial charge in [0.25, 0.3) is 0 Å². The Kier molecular flexibility index (Phi) is 6.03. The maximum absolute atomic E-state index is 3.57. The van der Waals surface area contributed by atoms with E-state index in [1.165, 1.54) is 65.0 Å². The Morgan fingerprint density at radius 3 is 2.17 bits per heavy atom. The molecule has 0 radical (unpaired) electrons. The van der Waals surface area contributed by atoms with Crippen LogP contribution in [0.5, 0.6) is 0 Å². The maximum Gasteiger partial charge on any atom is 0.00217 e. The van der Waals surface area contributed by atoms with Gasteiger partial charge in [0.1, 0.15) is 0 Å². The van der Waals surface area contributed by atoms with Gasteiger partial charge >= 0.3 is 0 Å². The van der Waals surface area contributed by atoms with Crippen molar-refractivity contribution >= 4 is 0 Å². The molecule has 134 valence electrons. The molecule has 3 rings (SSSR count). The second kappa shape index (κ2) is 7.84. The monoisotopic (exact) mass is 321 g/mol. The first kappa shape index (κ1) is 17.7. The summed E-state index contributed by atoms with van der Waals surface area (Å²) in [6.45, 7) is 13.0. The third kappa shape index (κ3) is 4.29. The molecule has 0 aromatic carbocycles. The molecular formula is C20H39N3. The quantitative estimate of drug-likeness (QED) is 0.811. The lowest BCUT2D eigenvalue weighted by Crippen LogP contribution is -2.50. The Morgan fingerprint density at radius 2 is 1.61 bits per heavy atom. The van der Waals surface area contributed by atoms with Gasteiger partial charge in [-0.25, -0.2) is 0 Å². The fourth-order valence-electron chi connectivity index (χ4n) is 5.54. The van der Waals surface area contributed by atoms with Crippen molar-refractivity contribution in [2.75, 3.05) is 53.4 Å². The van der Waals surface area contributed by atoms with E-state index in [4.69, 9.17) is 0 Å². The number of hydrogen-bond acceptors (Lipinski definition) is 3. The van der Waals surface area contributed by atoms with Crippen molar-refractivity contribution in [3.8, 4) is 0 Å².